The molecule has 2 atom stereocenters. The van der Waals surface area contributed by atoms with Gasteiger partial charge in [-0.1, -0.05) is 0 Å². The van der Waals surface area contributed by atoms with Crippen LogP contribution in [0.3, 0.4) is 0 Å². The number of hydrogen-bond donors (Lipinski definition) is 3. The van der Waals surface area contributed by atoms with Gasteiger partial charge >= 0.3 is 0 Å². The van der Waals surface area contributed by atoms with Crippen molar-refractivity contribution in [1.29, 1.82) is 0 Å². The molecular formula is C10H16FN5O. The van der Waals surface area contributed by atoms with Crippen LogP contribution in [0, 0.1) is 11.7 Å². The first-order valence-electron chi connectivity index (χ1n) is 5.54. The fourth-order valence-electron chi connectivity index (χ4n) is 1.82. The van der Waals surface area contributed by atoms with E-state index in [1.807, 2.05) is 6.92 Å². The fraction of sp³-hybridized carbons (Fsp3) is 0.600. The second kappa shape index (κ2) is 5.24. The third kappa shape index (κ3) is 2.80. The van der Waals surface area contributed by atoms with Gasteiger partial charge in [-0.05, 0) is 13.3 Å². The lowest BCUT2D eigenvalue weighted by Crippen LogP contribution is -2.27. The van der Waals surface area contributed by atoms with E-state index in [4.69, 9.17) is 10.6 Å². The molecule has 0 radical (unpaired) electrons. The average molecular weight is 241 g/mol. The van der Waals surface area contributed by atoms with Crippen molar-refractivity contribution in [2.24, 2.45) is 11.8 Å². The summed E-state index contributed by atoms with van der Waals surface area (Å²) in [5.74, 6) is 5.40. The van der Waals surface area contributed by atoms with Crippen LogP contribution in [0.25, 0.3) is 0 Å². The van der Waals surface area contributed by atoms with Crippen LogP contribution in [-0.4, -0.2) is 29.2 Å². The SMILES string of the molecule is CC(Nc1nc(NN)ncc1F)C1CCOC1. The van der Waals surface area contributed by atoms with Crippen molar-refractivity contribution in [3.05, 3.63) is 12.0 Å². The molecule has 7 heteroatoms. The summed E-state index contributed by atoms with van der Waals surface area (Å²) in [7, 11) is 0. The highest BCUT2D eigenvalue weighted by Crippen LogP contribution is 2.21. The molecule has 2 rings (SSSR count). The first-order valence-corrected chi connectivity index (χ1v) is 5.54. The van der Waals surface area contributed by atoms with Crippen molar-refractivity contribution in [1.82, 2.24) is 9.97 Å². The molecule has 2 unspecified atom stereocenters. The van der Waals surface area contributed by atoms with Crippen LogP contribution in [0.15, 0.2) is 6.20 Å². The zero-order valence-corrected chi connectivity index (χ0v) is 9.61. The van der Waals surface area contributed by atoms with E-state index >= 15 is 0 Å². The van der Waals surface area contributed by atoms with E-state index in [9.17, 15) is 4.39 Å². The largest absolute Gasteiger partial charge is 0.381 e. The van der Waals surface area contributed by atoms with Crippen molar-refractivity contribution in [2.75, 3.05) is 24.0 Å². The van der Waals surface area contributed by atoms with Crippen LogP contribution in [-0.2, 0) is 4.74 Å². The smallest absolute Gasteiger partial charge is 0.239 e. The molecule has 1 aliphatic rings. The summed E-state index contributed by atoms with van der Waals surface area (Å²) >= 11 is 0. The standard InChI is InChI=1S/C10H16FN5O/c1-6(7-2-3-17-5-7)14-9-8(11)4-13-10(15-9)16-12/h4,6-7H,2-3,5,12H2,1H3,(H2,13,14,15,16). The Hall–Kier alpha value is -1.47. The van der Waals surface area contributed by atoms with E-state index in [2.05, 4.69) is 20.7 Å². The van der Waals surface area contributed by atoms with Crippen LogP contribution in [0.1, 0.15) is 13.3 Å². The van der Waals surface area contributed by atoms with E-state index < -0.39 is 5.82 Å². The molecule has 4 N–H and O–H groups in total. The van der Waals surface area contributed by atoms with E-state index in [-0.39, 0.29) is 17.8 Å². The summed E-state index contributed by atoms with van der Waals surface area (Å²) in [6.07, 6.45) is 2.06. The summed E-state index contributed by atoms with van der Waals surface area (Å²) in [5, 5.41) is 3.03. The number of aromatic nitrogens is 2. The molecule has 0 aromatic carbocycles. The topological polar surface area (TPSA) is 85.1 Å². The molecule has 1 aromatic heterocycles. The molecular weight excluding hydrogens is 225 g/mol. The molecule has 1 fully saturated rings. The number of rotatable bonds is 4. The summed E-state index contributed by atoms with van der Waals surface area (Å²) < 4.78 is 18.8. The molecule has 1 aliphatic heterocycles. The number of nitrogens with one attached hydrogen (secondary N) is 2. The molecule has 0 saturated carbocycles. The zero-order valence-electron chi connectivity index (χ0n) is 9.61. The van der Waals surface area contributed by atoms with E-state index in [1.165, 1.54) is 0 Å². The van der Waals surface area contributed by atoms with Gasteiger partial charge in [0.1, 0.15) is 0 Å². The van der Waals surface area contributed by atoms with Crippen molar-refractivity contribution < 1.29 is 9.13 Å². The summed E-state index contributed by atoms with van der Waals surface area (Å²) in [5.41, 5.74) is 2.28. The van der Waals surface area contributed by atoms with Gasteiger partial charge in [-0.15, -0.1) is 0 Å². The number of hydrazine groups is 1. The molecule has 0 bridgehead atoms. The molecule has 2 heterocycles. The highest BCUT2D eigenvalue weighted by atomic mass is 19.1. The van der Waals surface area contributed by atoms with E-state index in [0.717, 1.165) is 19.2 Å². The number of nitrogens with zero attached hydrogens (tertiary/aromatic N) is 2. The van der Waals surface area contributed by atoms with Crippen LogP contribution in [0.2, 0.25) is 0 Å². The fourth-order valence-corrected chi connectivity index (χ4v) is 1.82. The number of halogens is 1. The number of ether oxygens (including phenoxy) is 1. The second-order valence-electron chi connectivity index (χ2n) is 4.09. The van der Waals surface area contributed by atoms with Crippen molar-refractivity contribution >= 4 is 11.8 Å². The first-order chi connectivity index (χ1) is 8.20. The minimum atomic E-state index is -0.491. The molecule has 94 valence electrons. The molecule has 1 aromatic rings. The first kappa shape index (κ1) is 12.0. The van der Waals surface area contributed by atoms with Gasteiger partial charge in [0.15, 0.2) is 11.6 Å². The number of hydrogen-bond acceptors (Lipinski definition) is 6. The van der Waals surface area contributed by atoms with Gasteiger partial charge in [0.25, 0.3) is 0 Å². The minimum Gasteiger partial charge on any atom is -0.381 e. The Morgan fingerprint density at radius 2 is 2.47 bits per heavy atom. The van der Waals surface area contributed by atoms with Crippen molar-refractivity contribution in [3.8, 4) is 0 Å². The predicted molar refractivity (Wildman–Crippen MR) is 61.8 cm³/mol. The van der Waals surface area contributed by atoms with Crippen LogP contribution in [0.5, 0.6) is 0 Å². The quantitative estimate of drug-likeness (QED) is 0.532. The predicted octanol–water partition coefficient (Wildman–Crippen LogP) is 0.738. The lowest BCUT2D eigenvalue weighted by atomic mass is 10.0. The minimum absolute atomic E-state index is 0.0903. The summed E-state index contributed by atoms with van der Waals surface area (Å²) in [6.45, 7) is 3.44. The van der Waals surface area contributed by atoms with E-state index in [1.54, 1.807) is 0 Å². The highest BCUT2D eigenvalue weighted by molar-refractivity contribution is 5.41. The maximum absolute atomic E-state index is 13.5. The third-order valence-corrected chi connectivity index (χ3v) is 2.91. The van der Waals surface area contributed by atoms with E-state index in [0.29, 0.717) is 12.5 Å². The number of nitrogens with two attached hydrogens (primary N) is 1. The lowest BCUT2D eigenvalue weighted by molar-refractivity contribution is 0.183. The Morgan fingerprint density at radius 1 is 1.65 bits per heavy atom. The Balaban J connectivity index is 2.06. The van der Waals surface area contributed by atoms with Gasteiger partial charge in [0, 0.05) is 18.6 Å². The maximum Gasteiger partial charge on any atom is 0.239 e. The molecule has 17 heavy (non-hydrogen) atoms. The maximum atomic E-state index is 13.5. The molecule has 0 aliphatic carbocycles. The Kier molecular flexibility index (Phi) is 3.70. The zero-order chi connectivity index (χ0) is 12.3. The molecule has 1 saturated heterocycles. The Morgan fingerprint density at radius 3 is 3.12 bits per heavy atom. The van der Waals surface area contributed by atoms with Crippen LogP contribution < -0.4 is 16.6 Å². The van der Waals surface area contributed by atoms with Crippen LogP contribution >= 0.6 is 0 Å². The van der Waals surface area contributed by atoms with Crippen LogP contribution in [0.4, 0.5) is 16.2 Å². The van der Waals surface area contributed by atoms with Gasteiger partial charge in [0.2, 0.25) is 5.95 Å². The van der Waals surface area contributed by atoms with Crippen molar-refractivity contribution in [2.45, 2.75) is 19.4 Å². The van der Waals surface area contributed by atoms with Gasteiger partial charge in [-0.2, -0.15) is 4.98 Å². The number of nitrogen functional groups attached to an aromatic ring is 1. The highest BCUT2D eigenvalue weighted by Gasteiger charge is 2.23. The summed E-state index contributed by atoms with van der Waals surface area (Å²) in [6, 6.07) is 0.0903. The number of anilines is 2. The molecule has 6 nitrogen and oxygen atoms in total. The average Bonchev–Trinajstić information content (AvgIpc) is 2.85. The monoisotopic (exact) mass is 241 g/mol. The third-order valence-electron chi connectivity index (χ3n) is 2.91. The normalized spacial score (nSPS) is 21.2. The lowest BCUT2D eigenvalue weighted by Gasteiger charge is -2.20. The second-order valence-corrected chi connectivity index (χ2v) is 4.09. The van der Waals surface area contributed by atoms with Gasteiger partial charge < -0.3 is 10.1 Å². The molecule has 0 spiro atoms. The Bertz CT molecular complexity index is 383. The molecule has 0 amide bonds. The Labute approximate surface area is 98.7 Å². The summed E-state index contributed by atoms with van der Waals surface area (Å²) in [4.78, 5) is 7.60. The van der Waals surface area contributed by atoms with Gasteiger partial charge in [0.05, 0.1) is 12.8 Å². The van der Waals surface area contributed by atoms with Gasteiger partial charge in [-0.25, -0.2) is 15.2 Å². The van der Waals surface area contributed by atoms with Crippen molar-refractivity contribution in [3.63, 3.8) is 0 Å². The van der Waals surface area contributed by atoms with Gasteiger partial charge in [-0.3, -0.25) is 5.43 Å².